The van der Waals surface area contributed by atoms with Crippen LogP contribution in [0.1, 0.15) is 16.7 Å². The van der Waals surface area contributed by atoms with Crippen molar-refractivity contribution in [1.29, 1.82) is 0 Å². The van der Waals surface area contributed by atoms with Crippen LogP contribution in [0.2, 0.25) is 0 Å². The van der Waals surface area contributed by atoms with Crippen molar-refractivity contribution in [3.05, 3.63) is 108 Å². The molecule has 0 bridgehead atoms. The number of benzene rings is 3. The molecule has 0 saturated heterocycles. The molecule has 5 nitrogen and oxygen atoms in total. The minimum absolute atomic E-state index is 0.502. The molecular weight excluding hydrogens is 390 g/mol. The fraction of sp³-hybridized carbons (Fsp3) is 0.154. The van der Waals surface area contributed by atoms with Crippen LogP contribution >= 0.6 is 0 Å². The molecule has 3 aromatic carbocycles. The number of methoxy groups -OCH3 is 2. The Labute approximate surface area is 181 Å². The van der Waals surface area contributed by atoms with Gasteiger partial charge in [-0.25, -0.2) is 4.79 Å². The van der Waals surface area contributed by atoms with E-state index in [1.54, 1.807) is 0 Å². The lowest BCUT2D eigenvalue weighted by atomic mass is 9.80. The molecule has 0 spiro atoms. The zero-order chi connectivity index (χ0) is 21.8. The maximum atomic E-state index is 12.7. The Bertz CT molecular complexity index is 1090. The van der Waals surface area contributed by atoms with Crippen molar-refractivity contribution in [1.82, 2.24) is 5.32 Å². The van der Waals surface area contributed by atoms with Gasteiger partial charge in [-0.3, -0.25) is 10.1 Å². The highest BCUT2D eigenvalue weighted by Crippen LogP contribution is 2.51. The van der Waals surface area contributed by atoms with E-state index in [-0.39, 0.29) is 0 Å². The number of carbonyl (C=O) groups is 2. The average molecular weight is 413 g/mol. The molecule has 156 valence electrons. The molecule has 1 aliphatic rings. The van der Waals surface area contributed by atoms with Crippen LogP contribution in [0.5, 0.6) is 0 Å². The molecule has 31 heavy (non-hydrogen) atoms. The number of carbonyl (C=O) groups excluding carboxylic acids is 2. The van der Waals surface area contributed by atoms with E-state index in [0.717, 1.165) is 27.8 Å². The number of fused-ring (bicyclic) bond motifs is 3. The summed E-state index contributed by atoms with van der Waals surface area (Å²) in [5.74, 6) is -1.05. The standard InChI is InChI=1S/C26H23NO4/c1-30-24(28)17-16-23(25(29)31-2)27-26(18-10-4-3-5-11-18)21-14-8-6-12-19(21)20-13-7-9-15-22(20)26/h3-17,23,27H,1-2H3/b17-16+/t23-/m0/s1. The van der Waals surface area contributed by atoms with E-state index >= 15 is 0 Å². The number of hydrogen-bond acceptors (Lipinski definition) is 5. The van der Waals surface area contributed by atoms with E-state index in [4.69, 9.17) is 9.47 Å². The fourth-order valence-electron chi connectivity index (χ4n) is 4.26. The predicted octanol–water partition coefficient (Wildman–Crippen LogP) is 3.82. The van der Waals surface area contributed by atoms with Crippen LogP contribution in [0.3, 0.4) is 0 Å². The molecule has 0 saturated carbocycles. The minimum atomic E-state index is -0.886. The van der Waals surface area contributed by atoms with Crippen LogP contribution in [0.15, 0.2) is 91.0 Å². The Kier molecular flexibility index (Phi) is 5.69. The van der Waals surface area contributed by atoms with E-state index in [2.05, 4.69) is 29.6 Å². The summed E-state index contributed by atoms with van der Waals surface area (Å²) in [6.07, 6.45) is 2.71. The molecule has 0 unspecified atom stereocenters. The highest BCUT2D eigenvalue weighted by Gasteiger charge is 2.46. The highest BCUT2D eigenvalue weighted by atomic mass is 16.5. The maximum absolute atomic E-state index is 12.7. The summed E-state index contributed by atoms with van der Waals surface area (Å²) >= 11 is 0. The molecule has 0 amide bonds. The second kappa shape index (κ2) is 8.58. The molecule has 3 aromatic rings. The monoisotopic (exact) mass is 413 g/mol. The quantitative estimate of drug-likeness (QED) is 0.492. The third-order valence-corrected chi connectivity index (χ3v) is 5.61. The van der Waals surface area contributed by atoms with Crippen molar-refractivity contribution in [2.45, 2.75) is 11.6 Å². The van der Waals surface area contributed by atoms with E-state index in [0.29, 0.717) is 0 Å². The van der Waals surface area contributed by atoms with Gasteiger partial charge in [0, 0.05) is 6.08 Å². The van der Waals surface area contributed by atoms with Crippen molar-refractivity contribution in [3.8, 4) is 11.1 Å². The summed E-state index contributed by atoms with van der Waals surface area (Å²) in [4.78, 5) is 24.4. The Morgan fingerprint density at radius 3 is 1.90 bits per heavy atom. The highest BCUT2D eigenvalue weighted by molar-refractivity contribution is 5.87. The van der Waals surface area contributed by atoms with Crippen molar-refractivity contribution in [2.24, 2.45) is 0 Å². The zero-order valence-corrected chi connectivity index (χ0v) is 17.4. The van der Waals surface area contributed by atoms with Gasteiger partial charge in [0.2, 0.25) is 0 Å². The van der Waals surface area contributed by atoms with Crippen LogP contribution in [0, 0.1) is 0 Å². The van der Waals surface area contributed by atoms with Gasteiger partial charge in [0.25, 0.3) is 0 Å². The lowest BCUT2D eigenvalue weighted by Gasteiger charge is -2.36. The number of rotatable bonds is 6. The van der Waals surface area contributed by atoms with Gasteiger partial charge < -0.3 is 9.47 Å². The van der Waals surface area contributed by atoms with Crippen molar-refractivity contribution in [2.75, 3.05) is 14.2 Å². The first-order valence-corrected chi connectivity index (χ1v) is 9.98. The zero-order valence-electron chi connectivity index (χ0n) is 17.4. The third-order valence-electron chi connectivity index (χ3n) is 5.61. The van der Waals surface area contributed by atoms with Gasteiger partial charge in [-0.15, -0.1) is 0 Å². The summed E-state index contributed by atoms with van der Waals surface area (Å²) in [7, 11) is 2.62. The van der Waals surface area contributed by atoms with E-state index < -0.39 is 23.5 Å². The van der Waals surface area contributed by atoms with Crippen LogP contribution < -0.4 is 5.32 Å². The number of nitrogens with one attached hydrogen (secondary N) is 1. The summed E-state index contributed by atoms with van der Waals surface area (Å²) in [6.45, 7) is 0. The Balaban J connectivity index is 1.95. The molecule has 4 rings (SSSR count). The first-order valence-electron chi connectivity index (χ1n) is 9.98. The largest absolute Gasteiger partial charge is 0.468 e. The summed E-state index contributed by atoms with van der Waals surface area (Å²) in [6, 6.07) is 25.4. The lowest BCUT2D eigenvalue weighted by molar-refractivity contribution is -0.142. The first-order chi connectivity index (χ1) is 15.1. The van der Waals surface area contributed by atoms with Crippen LogP contribution in [-0.2, 0) is 24.6 Å². The number of esters is 2. The molecule has 1 atom stereocenters. The van der Waals surface area contributed by atoms with Gasteiger partial charge in [-0.05, 0) is 33.9 Å². The normalized spacial score (nSPS) is 14.5. The molecule has 0 radical (unpaired) electrons. The smallest absolute Gasteiger partial charge is 0.330 e. The average Bonchev–Trinajstić information content (AvgIpc) is 3.12. The molecule has 1 N–H and O–H groups in total. The fourth-order valence-corrected chi connectivity index (χ4v) is 4.26. The molecule has 5 heteroatoms. The van der Waals surface area contributed by atoms with Gasteiger partial charge in [0.15, 0.2) is 0 Å². The van der Waals surface area contributed by atoms with E-state index in [1.165, 1.54) is 26.4 Å². The van der Waals surface area contributed by atoms with Gasteiger partial charge >= 0.3 is 11.9 Å². The second-order valence-corrected chi connectivity index (χ2v) is 7.23. The predicted molar refractivity (Wildman–Crippen MR) is 118 cm³/mol. The summed E-state index contributed by atoms with van der Waals surface area (Å²) in [5, 5.41) is 3.52. The maximum Gasteiger partial charge on any atom is 0.330 e. The Morgan fingerprint density at radius 2 is 1.35 bits per heavy atom. The number of ether oxygens (including phenoxy) is 2. The first kappa shape index (κ1) is 20.6. The van der Waals surface area contributed by atoms with E-state index in [9.17, 15) is 9.59 Å². The van der Waals surface area contributed by atoms with Gasteiger partial charge in [0.1, 0.15) is 6.04 Å². The Hall–Kier alpha value is -3.70. The van der Waals surface area contributed by atoms with Crippen molar-refractivity contribution in [3.63, 3.8) is 0 Å². The SMILES string of the molecule is COC(=O)/C=C/[C@H](NC1(c2ccccc2)c2ccccc2-c2ccccc21)C(=O)OC. The van der Waals surface area contributed by atoms with Gasteiger partial charge in [-0.1, -0.05) is 78.9 Å². The topological polar surface area (TPSA) is 64.6 Å². The van der Waals surface area contributed by atoms with Crippen LogP contribution in [-0.4, -0.2) is 32.2 Å². The van der Waals surface area contributed by atoms with Crippen molar-refractivity contribution >= 4 is 11.9 Å². The van der Waals surface area contributed by atoms with Crippen molar-refractivity contribution < 1.29 is 19.1 Å². The Morgan fingerprint density at radius 1 is 0.806 bits per heavy atom. The molecule has 0 fully saturated rings. The lowest BCUT2D eigenvalue weighted by Crippen LogP contribution is -2.51. The van der Waals surface area contributed by atoms with Gasteiger partial charge in [-0.2, -0.15) is 0 Å². The van der Waals surface area contributed by atoms with E-state index in [1.807, 2.05) is 54.6 Å². The minimum Gasteiger partial charge on any atom is -0.468 e. The second-order valence-electron chi connectivity index (χ2n) is 7.23. The molecular formula is C26H23NO4. The van der Waals surface area contributed by atoms with Gasteiger partial charge in [0.05, 0.1) is 19.8 Å². The third kappa shape index (κ3) is 3.53. The molecule has 1 aliphatic carbocycles. The van der Waals surface area contributed by atoms with Crippen LogP contribution in [0.25, 0.3) is 11.1 Å². The van der Waals surface area contributed by atoms with Crippen LogP contribution in [0.4, 0.5) is 0 Å². The summed E-state index contributed by atoms with van der Waals surface area (Å²) in [5.41, 5.74) is 4.41. The summed E-state index contributed by atoms with van der Waals surface area (Å²) < 4.78 is 9.74. The molecule has 0 aliphatic heterocycles. The molecule has 0 heterocycles. The molecule has 0 aromatic heterocycles. The number of hydrogen-bond donors (Lipinski definition) is 1.